The van der Waals surface area contributed by atoms with E-state index in [0.717, 1.165) is 0 Å². The summed E-state index contributed by atoms with van der Waals surface area (Å²) in [5, 5.41) is 0. The van der Waals surface area contributed by atoms with Crippen molar-refractivity contribution in [2.45, 2.75) is 39.2 Å². The average molecular weight is 246 g/mol. The van der Waals surface area contributed by atoms with Crippen LogP contribution in [0.4, 0.5) is 8.78 Å². The van der Waals surface area contributed by atoms with E-state index < -0.39 is 30.8 Å². The van der Waals surface area contributed by atoms with Crippen molar-refractivity contribution >= 4 is 5.91 Å². The van der Waals surface area contributed by atoms with E-state index in [0.29, 0.717) is 5.70 Å². The van der Waals surface area contributed by atoms with Crippen LogP contribution >= 0.6 is 0 Å². The number of likely N-dealkylation sites (tertiary alicyclic amines) is 1. The predicted octanol–water partition coefficient (Wildman–Crippen LogP) is 1.99. The molecule has 0 aromatic heterocycles. The van der Waals surface area contributed by atoms with Crippen molar-refractivity contribution in [3.8, 4) is 0 Å². The topological polar surface area (TPSA) is 46.3 Å². The number of allylic oxidation sites excluding steroid dienone is 1. The molecule has 0 saturated carbocycles. The van der Waals surface area contributed by atoms with Crippen LogP contribution in [0.3, 0.4) is 0 Å². The first-order valence-electron chi connectivity index (χ1n) is 5.78. The van der Waals surface area contributed by atoms with Gasteiger partial charge in [-0.2, -0.15) is 0 Å². The van der Waals surface area contributed by atoms with Crippen LogP contribution in [0.15, 0.2) is 12.3 Å². The van der Waals surface area contributed by atoms with E-state index in [9.17, 15) is 13.6 Å². The Morgan fingerprint density at radius 3 is 2.41 bits per heavy atom. The van der Waals surface area contributed by atoms with Gasteiger partial charge in [0.15, 0.2) is 0 Å². The Morgan fingerprint density at radius 1 is 1.47 bits per heavy atom. The zero-order valence-corrected chi connectivity index (χ0v) is 10.5. The Labute approximate surface area is 101 Å². The summed E-state index contributed by atoms with van der Waals surface area (Å²) in [5.74, 6) is -3.24. The maximum Gasteiger partial charge on any atom is 0.267 e. The van der Waals surface area contributed by atoms with Crippen molar-refractivity contribution in [3.05, 3.63) is 12.3 Å². The molecule has 3 nitrogen and oxygen atoms in total. The van der Waals surface area contributed by atoms with E-state index in [1.165, 1.54) is 4.90 Å². The number of rotatable bonds is 4. The third kappa shape index (κ3) is 2.96. The largest absolute Gasteiger partial charge is 0.368 e. The summed E-state index contributed by atoms with van der Waals surface area (Å²) >= 11 is 0. The number of nitrogens with two attached hydrogens (primary N) is 1. The second-order valence-corrected chi connectivity index (χ2v) is 5.13. The number of halogens is 2. The first kappa shape index (κ1) is 13.9. The smallest absolute Gasteiger partial charge is 0.267 e. The fourth-order valence-corrected chi connectivity index (χ4v) is 2.02. The number of alkyl halides is 2. The molecule has 1 saturated heterocycles. The summed E-state index contributed by atoms with van der Waals surface area (Å²) < 4.78 is 26.7. The van der Waals surface area contributed by atoms with Crippen LogP contribution < -0.4 is 5.73 Å². The molecule has 2 N–H and O–H groups in total. The molecule has 0 aliphatic carbocycles. The van der Waals surface area contributed by atoms with Crippen LogP contribution in [-0.2, 0) is 4.79 Å². The van der Waals surface area contributed by atoms with Crippen LogP contribution in [0.1, 0.15) is 27.2 Å². The molecule has 98 valence electrons. The van der Waals surface area contributed by atoms with E-state index in [1.807, 2.05) is 20.8 Å². The van der Waals surface area contributed by atoms with E-state index in [4.69, 9.17) is 5.73 Å². The van der Waals surface area contributed by atoms with Gasteiger partial charge in [-0.3, -0.25) is 4.79 Å². The summed E-state index contributed by atoms with van der Waals surface area (Å²) in [6.45, 7) is 9.28. The molecular weight excluding hydrogens is 226 g/mol. The highest BCUT2D eigenvalue weighted by molar-refractivity contribution is 5.80. The third-order valence-corrected chi connectivity index (χ3v) is 3.49. The summed E-state index contributed by atoms with van der Waals surface area (Å²) in [4.78, 5) is 12.6. The number of hydrogen-bond acceptors (Lipinski definition) is 2. The highest BCUT2D eigenvalue weighted by atomic mass is 19.3. The molecule has 2 atom stereocenters. The molecule has 17 heavy (non-hydrogen) atoms. The van der Waals surface area contributed by atoms with Gasteiger partial charge in [-0.05, 0) is 11.8 Å². The minimum atomic E-state index is -2.86. The molecule has 1 amide bonds. The Balaban J connectivity index is 2.88. The molecule has 0 radical (unpaired) electrons. The second kappa shape index (κ2) is 4.63. The quantitative estimate of drug-likeness (QED) is 0.824. The number of primary amides is 1. The molecule has 5 heteroatoms. The Kier molecular flexibility index (Phi) is 3.79. The van der Waals surface area contributed by atoms with Crippen molar-refractivity contribution < 1.29 is 13.6 Å². The predicted molar refractivity (Wildman–Crippen MR) is 62.4 cm³/mol. The zero-order valence-electron chi connectivity index (χ0n) is 10.5. The van der Waals surface area contributed by atoms with Crippen LogP contribution in [0.5, 0.6) is 0 Å². The summed E-state index contributed by atoms with van der Waals surface area (Å²) in [6, 6.07) is -0.932. The van der Waals surface area contributed by atoms with Gasteiger partial charge in [0, 0.05) is 12.1 Å². The zero-order chi connectivity index (χ0) is 13.4. The summed E-state index contributed by atoms with van der Waals surface area (Å²) in [6.07, 6.45) is -0.508. The van der Waals surface area contributed by atoms with Crippen LogP contribution in [-0.4, -0.2) is 29.3 Å². The molecule has 0 spiro atoms. The van der Waals surface area contributed by atoms with Gasteiger partial charge in [0.1, 0.15) is 6.04 Å². The average Bonchev–Trinajstić information content (AvgIpc) is 2.52. The van der Waals surface area contributed by atoms with Gasteiger partial charge in [0.2, 0.25) is 5.91 Å². The van der Waals surface area contributed by atoms with Gasteiger partial charge in [-0.15, -0.1) is 0 Å². The van der Waals surface area contributed by atoms with Gasteiger partial charge < -0.3 is 10.6 Å². The van der Waals surface area contributed by atoms with Gasteiger partial charge >= 0.3 is 0 Å². The normalized spacial score (nSPS) is 25.1. The van der Waals surface area contributed by atoms with Gasteiger partial charge in [-0.25, -0.2) is 8.78 Å². The van der Waals surface area contributed by atoms with Crippen LogP contribution in [0, 0.1) is 11.8 Å². The van der Waals surface area contributed by atoms with Crippen molar-refractivity contribution in [2.24, 2.45) is 17.6 Å². The van der Waals surface area contributed by atoms with E-state index in [1.54, 1.807) is 0 Å². The fraction of sp³-hybridized carbons (Fsp3) is 0.750. The third-order valence-electron chi connectivity index (χ3n) is 3.49. The molecule has 1 aliphatic rings. The van der Waals surface area contributed by atoms with Crippen molar-refractivity contribution in [1.82, 2.24) is 4.90 Å². The lowest BCUT2D eigenvalue weighted by Crippen LogP contribution is -2.41. The standard InChI is InChI=1S/C12H20F2N2O/c1-7(2)8(3)9(4)16-6-12(13,14)5-10(16)11(15)17/h7-8,10H,4-6H2,1-3H3,(H2,15,17). The molecule has 1 heterocycles. The number of carbonyl (C=O) groups excluding carboxylic acids is 1. The Morgan fingerprint density at radius 2 is 2.00 bits per heavy atom. The van der Waals surface area contributed by atoms with Crippen LogP contribution in [0.25, 0.3) is 0 Å². The summed E-state index contributed by atoms with van der Waals surface area (Å²) in [7, 11) is 0. The fourth-order valence-electron chi connectivity index (χ4n) is 2.02. The monoisotopic (exact) mass is 246 g/mol. The lowest BCUT2D eigenvalue weighted by Gasteiger charge is -2.31. The number of amides is 1. The molecule has 1 aliphatic heterocycles. The van der Waals surface area contributed by atoms with Gasteiger partial charge in [0.25, 0.3) is 5.92 Å². The minimum Gasteiger partial charge on any atom is -0.368 e. The first-order chi connectivity index (χ1) is 7.65. The molecule has 1 rings (SSSR count). The number of hydrogen-bond donors (Lipinski definition) is 1. The van der Waals surface area contributed by atoms with E-state index >= 15 is 0 Å². The maximum absolute atomic E-state index is 13.3. The molecule has 0 aromatic rings. The molecule has 0 bridgehead atoms. The number of nitrogens with zero attached hydrogens (tertiary/aromatic N) is 1. The lowest BCUT2D eigenvalue weighted by molar-refractivity contribution is -0.122. The molecule has 2 unspecified atom stereocenters. The molecule has 0 aromatic carbocycles. The summed E-state index contributed by atoms with van der Waals surface area (Å²) in [5.41, 5.74) is 5.74. The minimum absolute atomic E-state index is 0.0470. The highest BCUT2D eigenvalue weighted by Crippen LogP contribution is 2.36. The van der Waals surface area contributed by atoms with Crippen molar-refractivity contribution in [3.63, 3.8) is 0 Å². The van der Waals surface area contributed by atoms with E-state index in [2.05, 4.69) is 6.58 Å². The highest BCUT2D eigenvalue weighted by Gasteiger charge is 2.48. The Hall–Kier alpha value is -1.13. The first-order valence-corrected chi connectivity index (χ1v) is 5.78. The SMILES string of the molecule is C=C(C(C)C(C)C)N1CC(F)(F)CC1C(N)=O. The van der Waals surface area contributed by atoms with Crippen LogP contribution in [0.2, 0.25) is 0 Å². The second-order valence-electron chi connectivity index (χ2n) is 5.13. The lowest BCUT2D eigenvalue weighted by atomic mass is 9.94. The van der Waals surface area contributed by atoms with Gasteiger partial charge in [-0.1, -0.05) is 27.4 Å². The molecular formula is C12H20F2N2O. The van der Waals surface area contributed by atoms with E-state index in [-0.39, 0.29) is 11.8 Å². The Bertz CT molecular complexity index is 328. The molecule has 1 fully saturated rings. The maximum atomic E-state index is 13.3. The van der Waals surface area contributed by atoms with Crippen molar-refractivity contribution in [2.75, 3.05) is 6.54 Å². The van der Waals surface area contributed by atoms with Crippen molar-refractivity contribution in [1.29, 1.82) is 0 Å². The van der Waals surface area contributed by atoms with Gasteiger partial charge in [0.05, 0.1) is 6.54 Å². The number of carbonyl (C=O) groups is 1.